The van der Waals surface area contributed by atoms with Crippen molar-refractivity contribution in [3.63, 3.8) is 0 Å². The minimum Gasteiger partial charge on any atom is -0.423 e. The Morgan fingerprint density at radius 2 is 1.92 bits per heavy atom. The Balaban J connectivity index is 1.95. The average molecular weight is 344 g/mol. The highest BCUT2D eigenvalue weighted by molar-refractivity contribution is 7.05. The Labute approximate surface area is 145 Å². The normalized spacial score (nSPS) is 11.0. The summed E-state index contributed by atoms with van der Waals surface area (Å²) < 4.78 is 15.4. The molecular weight excluding hydrogens is 324 g/mol. The third kappa shape index (κ3) is 3.17. The number of ether oxygens (including phenoxy) is 1. The van der Waals surface area contributed by atoms with Gasteiger partial charge >= 0.3 is 6.01 Å². The summed E-state index contributed by atoms with van der Waals surface area (Å²) in [6.07, 6.45) is 1.97. The second-order valence-electron chi connectivity index (χ2n) is 5.78. The van der Waals surface area contributed by atoms with Gasteiger partial charge in [-0.1, -0.05) is 12.1 Å². The Kier molecular flexibility index (Phi) is 4.62. The first kappa shape index (κ1) is 16.6. The van der Waals surface area contributed by atoms with Crippen LogP contribution >= 0.6 is 11.5 Å². The van der Waals surface area contributed by atoms with Gasteiger partial charge in [-0.2, -0.15) is 9.97 Å². The van der Waals surface area contributed by atoms with Crippen LogP contribution in [0.15, 0.2) is 10.6 Å². The van der Waals surface area contributed by atoms with Crippen LogP contribution in [0.2, 0.25) is 0 Å². The first-order chi connectivity index (χ1) is 11.5. The van der Waals surface area contributed by atoms with E-state index in [0.29, 0.717) is 17.7 Å². The van der Waals surface area contributed by atoms with Gasteiger partial charge in [-0.15, -0.1) is 4.37 Å². The summed E-state index contributed by atoms with van der Waals surface area (Å²) in [6.45, 7) is 9.95. The Morgan fingerprint density at radius 3 is 2.58 bits per heavy atom. The quantitative estimate of drug-likeness (QED) is 0.675. The molecule has 0 spiro atoms. The molecule has 0 aliphatic rings. The van der Waals surface area contributed by atoms with E-state index in [1.165, 1.54) is 11.5 Å². The first-order valence-electron chi connectivity index (χ1n) is 7.91. The topological polar surface area (TPSA) is 73.9 Å². The van der Waals surface area contributed by atoms with E-state index in [1.54, 1.807) is 6.92 Å². The van der Waals surface area contributed by atoms with Crippen molar-refractivity contribution in [3.05, 3.63) is 33.7 Å². The van der Waals surface area contributed by atoms with Gasteiger partial charge in [0.2, 0.25) is 11.7 Å². The Hall–Kier alpha value is -2.28. The van der Waals surface area contributed by atoms with Crippen molar-refractivity contribution in [2.24, 2.45) is 0 Å². The number of rotatable bonds is 5. The summed E-state index contributed by atoms with van der Waals surface area (Å²) in [4.78, 5) is 8.76. The Morgan fingerprint density at radius 1 is 1.12 bits per heavy atom. The van der Waals surface area contributed by atoms with Gasteiger partial charge in [0.1, 0.15) is 10.8 Å². The fourth-order valence-electron chi connectivity index (χ4n) is 2.54. The Bertz CT molecular complexity index is 870. The predicted octanol–water partition coefficient (Wildman–Crippen LogP) is 4.57. The van der Waals surface area contributed by atoms with E-state index in [9.17, 15) is 0 Å². The molecule has 3 rings (SSSR count). The molecule has 0 aliphatic carbocycles. The van der Waals surface area contributed by atoms with Gasteiger partial charge in [0, 0.05) is 18.9 Å². The van der Waals surface area contributed by atoms with Gasteiger partial charge < -0.3 is 9.26 Å². The van der Waals surface area contributed by atoms with Crippen molar-refractivity contribution < 1.29 is 9.26 Å². The van der Waals surface area contributed by atoms with E-state index in [0.717, 1.165) is 45.9 Å². The predicted molar refractivity (Wildman–Crippen MR) is 92.7 cm³/mol. The third-order valence-electron chi connectivity index (χ3n) is 3.90. The second kappa shape index (κ2) is 6.68. The van der Waals surface area contributed by atoms with Crippen LogP contribution in [-0.2, 0) is 6.42 Å². The van der Waals surface area contributed by atoms with Crippen molar-refractivity contribution in [3.8, 4) is 23.1 Å². The standard InChI is InChI=1S/C17H20N4O2S/c1-6-7-14-19-17(21-24-14)22-15-9(2)8-13(10(3)11(15)4)16-18-12(5)23-20-16/h8H,6-7H2,1-5H3. The molecule has 0 radical (unpaired) electrons. The molecule has 2 heterocycles. The lowest BCUT2D eigenvalue weighted by molar-refractivity contribution is 0.394. The molecule has 0 saturated heterocycles. The van der Waals surface area contributed by atoms with Crippen LogP contribution in [0, 0.1) is 27.7 Å². The molecule has 0 unspecified atom stereocenters. The second-order valence-corrected chi connectivity index (χ2v) is 6.62. The summed E-state index contributed by atoms with van der Waals surface area (Å²) in [5, 5.41) is 5.02. The molecule has 6 nitrogen and oxygen atoms in total. The number of aromatic nitrogens is 4. The molecule has 0 atom stereocenters. The van der Waals surface area contributed by atoms with E-state index < -0.39 is 0 Å². The summed E-state index contributed by atoms with van der Waals surface area (Å²) in [5.74, 6) is 1.94. The molecular formula is C17H20N4O2S. The van der Waals surface area contributed by atoms with Crippen molar-refractivity contribution in [2.75, 3.05) is 0 Å². The molecule has 126 valence electrons. The number of aryl methyl sites for hydroxylation is 3. The maximum absolute atomic E-state index is 5.97. The maximum atomic E-state index is 5.97. The molecule has 7 heteroatoms. The fraction of sp³-hybridized carbons (Fsp3) is 0.412. The molecule has 0 aliphatic heterocycles. The van der Waals surface area contributed by atoms with Gasteiger partial charge in [-0.25, -0.2) is 0 Å². The zero-order valence-electron chi connectivity index (χ0n) is 14.5. The lowest BCUT2D eigenvalue weighted by Crippen LogP contribution is -1.98. The van der Waals surface area contributed by atoms with Gasteiger partial charge in [-0.3, -0.25) is 0 Å². The summed E-state index contributed by atoms with van der Waals surface area (Å²) >= 11 is 1.39. The lowest BCUT2D eigenvalue weighted by Gasteiger charge is -2.14. The van der Waals surface area contributed by atoms with Gasteiger partial charge in [0.05, 0.1) is 0 Å². The highest BCUT2D eigenvalue weighted by Crippen LogP contribution is 2.35. The molecule has 0 N–H and O–H groups in total. The summed E-state index contributed by atoms with van der Waals surface area (Å²) in [6, 6.07) is 2.43. The molecule has 2 aromatic heterocycles. The number of hydrogen-bond donors (Lipinski definition) is 0. The summed E-state index contributed by atoms with van der Waals surface area (Å²) in [5.41, 5.74) is 4.02. The smallest absolute Gasteiger partial charge is 0.334 e. The van der Waals surface area contributed by atoms with Crippen LogP contribution in [0.5, 0.6) is 11.8 Å². The molecule has 0 fully saturated rings. The van der Waals surface area contributed by atoms with Crippen LogP contribution in [0.1, 0.15) is 40.9 Å². The zero-order chi connectivity index (χ0) is 17.3. The zero-order valence-corrected chi connectivity index (χ0v) is 15.3. The highest BCUT2D eigenvalue weighted by atomic mass is 32.1. The number of benzene rings is 1. The molecule has 3 aromatic rings. The minimum atomic E-state index is 0.414. The van der Waals surface area contributed by atoms with Crippen LogP contribution in [-0.4, -0.2) is 19.5 Å². The summed E-state index contributed by atoms with van der Waals surface area (Å²) in [7, 11) is 0. The lowest BCUT2D eigenvalue weighted by atomic mass is 9.98. The van der Waals surface area contributed by atoms with Gasteiger partial charge in [0.25, 0.3) is 0 Å². The molecule has 0 amide bonds. The van der Waals surface area contributed by atoms with Gasteiger partial charge in [-0.05, 0) is 61.5 Å². The first-order valence-corrected chi connectivity index (χ1v) is 8.68. The third-order valence-corrected chi connectivity index (χ3v) is 4.65. The number of nitrogens with zero attached hydrogens (tertiary/aromatic N) is 4. The van der Waals surface area contributed by atoms with Crippen molar-refractivity contribution >= 4 is 11.5 Å². The van der Waals surface area contributed by atoms with E-state index in [2.05, 4.69) is 26.4 Å². The van der Waals surface area contributed by atoms with Crippen LogP contribution in [0.25, 0.3) is 11.4 Å². The molecule has 0 bridgehead atoms. The van der Waals surface area contributed by atoms with Crippen molar-refractivity contribution in [1.82, 2.24) is 19.5 Å². The monoisotopic (exact) mass is 344 g/mol. The molecule has 1 aromatic carbocycles. The van der Waals surface area contributed by atoms with Crippen molar-refractivity contribution in [2.45, 2.75) is 47.5 Å². The largest absolute Gasteiger partial charge is 0.423 e. The van der Waals surface area contributed by atoms with E-state index in [4.69, 9.17) is 9.26 Å². The number of hydrogen-bond acceptors (Lipinski definition) is 7. The molecule has 24 heavy (non-hydrogen) atoms. The van der Waals surface area contributed by atoms with E-state index in [1.807, 2.05) is 26.8 Å². The maximum Gasteiger partial charge on any atom is 0.334 e. The van der Waals surface area contributed by atoms with Crippen LogP contribution in [0.3, 0.4) is 0 Å². The van der Waals surface area contributed by atoms with Crippen LogP contribution in [0.4, 0.5) is 0 Å². The fourth-order valence-corrected chi connectivity index (χ4v) is 3.22. The minimum absolute atomic E-state index is 0.414. The van der Waals surface area contributed by atoms with E-state index in [-0.39, 0.29) is 0 Å². The van der Waals surface area contributed by atoms with Crippen molar-refractivity contribution in [1.29, 1.82) is 0 Å². The van der Waals surface area contributed by atoms with E-state index >= 15 is 0 Å². The van der Waals surface area contributed by atoms with Crippen LogP contribution < -0.4 is 4.74 Å². The highest BCUT2D eigenvalue weighted by Gasteiger charge is 2.18. The van der Waals surface area contributed by atoms with Gasteiger partial charge in [0.15, 0.2) is 0 Å². The SMILES string of the molecule is CCCc1nc(Oc2c(C)cc(-c3noc(C)n3)c(C)c2C)ns1. The average Bonchev–Trinajstić information content (AvgIpc) is 3.17. The molecule has 0 saturated carbocycles.